The number of ether oxygens (including phenoxy) is 1. The van der Waals surface area contributed by atoms with Crippen molar-refractivity contribution < 1.29 is 9.53 Å². The third kappa shape index (κ3) is 2.28. The van der Waals surface area contributed by atoms with E-state index in [-0.39, 0.29) is 5.97 Å². The number of piperidine rings is 1. The van der Waals surface area contributed by atoms with Gasteiger partial charge in [0.15, 0.2) is 0 Å². The topological polar surface area (TPSA) is 41.6 Å². The first-order valence-electron chi connectivity index (χ1n) is 7.10. The molecule has 2 heterocycles. The van der Waals surface area contributed by atoms with Crippen LogP contribution in [0.3, 0.4) is 0 Å². The summed E-state index contributed by atoms with van der Waals surface area (Å²) in [6.45, 7) is 4.29. The highest BCUT2D eigenvalue weighted by Gasteiger charge is 2.52. The fourth-order valence-corrected chi connectivity index (χ4v) is 3.58. The molecule has 0 saturated carbocycles. The fourth-order valence-electron chi connectivity index (χ4n) is 3.58. The van der Waals surface area contributed by atoms with Gasteiger partial charge in [-0.3, -0.25) is 10.1 Å². The van der Waals surface area contributed by atoms with E-state index in [1.54, 1.807) is 0 Å². The SMILES string of the molecule is CCC(C)NC1(C(=O)OC)CC2CCC(C1)N2C. The van der Waals surface area contributed by atoms with E-state index in [1.165, 1.54) is 20.0 Å². The fraction of sp³-hybridized carbons (Fsp3) is 0.929. The lowest BCUT2D eigenvalue weighted by atomic mass is 9.82. The van der Waals surface area contributed by atoms with Crippen LogP contribution < -0.4 is 5.32 Å². The quantitative estimate of drug-likeness (QED) is 0.773. The summed E-state index contributed by atoms with van der Waals surface area (Å²) in [4.78, 5) is 14.7. The van der Waals surface area contributed by atoms with Crippen molar-refractivity contribution in [2.45, 2.75) is 69.6 Å². The van der Waals surface area contributed by atoms with Gasteiger partial charge in [-0.1, -0.05) is 6.92 Å². The molecule has 2 rings (SSSR count). The molecule has 0 spiro atoms. The van der Waals surface area contributed by atoms with E-state index < -0.39 is 5.54 Å². The van der Waals surface area contributed by atoms with E-state index in [1.807, 2.05) is 0 Å². The molecule has 3 atom stereocenters. The summed E-state index contributed by atoms with van der Waals surface area (Å²) in [5, 5.41) is 3.55. The van der Waals surface area contributed by atoms with Gasteiger partial charge in [-0.2, -0.15) is 0 Å². The van der Waals surface area contributed by atoms with Crippen molar-refractivity contribution in [1.82, 2.24) is 10.2 Å². The minimum Gasteiger partial charge on any atom is -0.468 e. The minimum absolute atomic E-state index is 0.0761. The summed E-state index contributed by atoms with van der Waals surface area (Å²) in [6, 6.07) is 1.41. The molecule has 2 aliphatic heterocycles. The van der Waals surface area contributed by atoms with Crippen LogP contribution in [0.4, 0.5) is 0 Å². The number of carbonyl (C=O) groups is 1. The number of rotatable bonds is 4. The van der Waals surface area contributed by atoms with Crippen LogP contribution in [-0.2, 0) is 9.53 Å². The molecular weight excluding hydrogens is 228 g/mol. The second kappa shape index (κ2) is 5.17. The summed E-state index contributed by atoms with van der Waals surface area (Å²) in [5.74, 6) is -0.0761. The van der Waals surface area contributed by atoms with Crippen LogP contribution in [0.15, 0.2) is 0 Å². The average molecular weight is 254 g/mol. The van der Waals surface area contributed by atoms with Gasteiger partial charge in [0.05, 0.1) is 7.11 Å². The second-order valence-corrected chi connectivity index (χ2v) is 5.99. The molecule has 104 valence electrons. The number of methoxy groups -OCH3 is 1. The number of hydrogen-bond donors (Lipinski definition) is 1. The minimum atomic E-state index is -0.456. The molecule has 0 radical (unpaired) electrons. The van der Waals surface area contributed by atoms with Crippen LogP contribution in [0.5, 0.6) is 0 Å². The number of nitrogens with one attached hydrogen (secondary N) is 1. The number of fused-ring (bicyclic) bond motifs is 2. The molecule has 2 saturated heterocycles. The normalized spacial score (nSPS) is 37.6. The van der Waals surface area contributed by atoms with Crippen molar-refractivity contribution in [1.29, 1.82) is 0 Å². The number of nitrogens with zero attached hydrogens (tertiary/aromatic N) is 1. The highest BCUT2D eigenvalue weighted by molar-refractivity contribution is 5.81. The van der Waals surface area contributed by atoms with Crippen molar-refractivity contribution in [3.63, 3.8) is 0 Å². The van der Waals surface area contributed by atoms with Crippen LogP contribution >= 0.6 is 0 Å². The van der Waals surface area contributed by atoms with Gasteiger partial charge in [0.25, 0.3) is 0 Å². The molecule has 18 heavy (non-hydrogen) atoms. The van der Waals surface area contributed by atoms with Gasteiger partial charge in [-0.15, -0.1) is 0 Å². The molecular formula is C14H26N2O2. The van der Waals surface area contributed by atoms with Gasteiger partial charge in [0, 0.05) is 18.1 Å². The van der Waals surface area contributed by atoms with E-state index in [0.29, 0.717) is 18.1 Å². The van der Waals surface area contributed by atoms with Crippen molar-refractivity contribution >= 4 is 5.97 Å². The van der Waals surface area contributed by atoms with Crippen molar-refractivity contribution in [2.24, 2.45) is 0 Å². The first kappa shape index (κ1) is 13.8. The van der Waals surface area contributed by atoms with E-state index in [4.69, 9.17) is 4.74 Å². The van der Waals surface area contributed by atoms with E-state index in [0.717, 1.165) is 19.3 Å². The first-order chi connectivity index (χ1) is 8.52. The van der Waals surface area contributed by atoms with Crippen molar-refractivity contribution in [2.75, 3.05) is 14.2 Å². The lowest BCUT2D eigenvalue weighted by Crippen LogP contribution is -2.63. The molecule has 0 aromatic carbocycles. The number of carbonyl (C=O) groups excluding carboxylic acids is 1. The Hall–Kier alpha value is -0.610. The predicted octanol–water partition coefficient (Wildman–Crippen LogP) is 1.54. The third-order valence-electron chi connectivity index (χ3n) is 4.86. The Morgan fingerprint density at radius 3 is 2.44 bits per heavy atom. The molecule has 0 aliphatic carbocycles. The van der Waals surface area contributed by atoms with Gasteiger partial charge in [-0.25, -0.2) is 0 Å². The van der Waals surface area contributed by atoms with Crippen LogP contribution in [0, 0.1) is 0 Å². The molecule has 3 unspecified atom stereocenters. The molecule has 2 bridgehead atoms. The van der Waals surface area contributed by atoms with Gasteiger partial charge in [0.1, 0.15) is 5.54 Å². The van der Waals surface area contributed by atoms with Gasteiger partial charge in [-0.05, 0) is 46.1 Å². The summed E-state index contributed by atoms with van der Waals surface area (Å²) < 4.78 is 5.08. The van der Waals surface area contributed by atoms with Crippen LogP contribution in [-0.4, -0.2) is 48.7 Å². The smallest absolute Gasteiger partial charge is 0.326 e. The zero-order valence-electron chi connectivity index (χ0n) is 12.0. The van der Waals surface area contributed by atoms with Gasteiger partial charge in [0.2, 0.25) is 0 Å². The first-order valence-corrected chi connectivity index (χ1v) is 7.10. The molecule has 0 aromatic heterocycles. The summed E-state index contributed by atoms with van der Waals surface area (Å²) in [7, 11) is 3.69. The zero-order valence-corrected chi connectivity index (χ0v) is 12.0. The molecule has 2 fully saturated rings. The zero-order chi connectivity index (χ0) is 13.3. The van der Waals surface area contributed by atoms with E-state index in [2.05, 4.69) is 31.1 Å². The van der Waals surface area contributed by atoms with Crippen LogP contribution in [0.25, 0.3) is 0 Å². The number of hydrogen-bond acceptors (Lipinski definition) is 4. The molecule has 1 N–H and O–H groups in total. The molecule has 4 heteroatoms. The molecule has 2 aliphatic rings. The highest BCUT2D eigenvalue weighted by atomic mass is 16.5. The lowest BCUT2D eigenvalue weighted by Gasteiger charge is -2.45. The second-order valence-electron chi connectivity index (χ2n) is 5.99. The van der Waals surface area contributed by atoms with Crippen molar-refractivity contribution in [3.05, 3.63) is 0 Å². The predicted molar refractivity (Wildman–Crippen MR) is 71.4 cm³/mol. The Morgan fingerprint density at radius 2 is 2.00 bits per heavy atom. The molecule has 4 nitrogen and oxygen atoms in total. The monoisotopic (exact) mass is 254 g/mol. The standard InChI is InChI=1S/C14H26N2O2/c1-5-10(2)15-14(13(17)18-4)8-11-6-7-12(9-14)16(11)3/h10-12,15H,5-9H2,1-4H3. The summed E-state index contributed by atoms with van der Waals surface area (Å²) in [5.41, 5.74) is -0.456. The van der Waals surface area contributed by atoms with E-state index in [9.17, 15) is 4.79 Å². The molecule has 0 aromatic rings. The summed E-state index contributed by atoms with van der Waals surface area (Å²) >= 11 is 0. The summed E-state index contributed by atoms with van der Waals surface area (Å²) in [6.07, 6.45) is 5.22. The van der Waals surface area contributed by atoms with Gasteiger partial charge >= 0.3 is 5.97 Å². The average Bonchev–Trinajstić information content (AvgIpc) is 2.60. The Kier molecular flexibility index (Phi) is 3.97. The van der Waals surface area contributed by atoms with Crippen molar-refractivity contribution in [3.8, 4) is 0 Å². The van der Waals surface area contributed by atoms with Gasteiger partial charge < -0.3 is 9.64 Å². The van der Waals surface area contributed by atoms with E-state index >= 15 is 0 Å². The maximum atomic E-state index is 12.3. The third-order valence-corrected chi connectivity index (χ3v) is 4.86. The highest BCUT2D eigenvalue weighted by Crippen LogP contribution is 2.40. The maximum Gasteiger partial charge on any atom is 0.326 e. The Morgan fingerprint density at radius 1 is 1.44 bits per heavy atom. The molecule has 0 amide bonds. The Labute approximate surface area is 110 Å². The lowest BCUT2D eigenvalue weighted by molar-refractivity contribution is -0.152. The number of esters is 1. The maximum absolute atomic E-state index is 12.3. The Bertz CT molecular complexity index is 305. The van der Waals surface area contributed by atoms with Crippen LogP contribution in [0.2, 0.25) is 0 Å². The van der Waals surface area contributed by atoms with Crippen LogP contribution in [0.1, 0.15) is 46.0 Å². The largest absolute Gasteiger partial charge is 0.468 e. The Balaban J connectivity index is 2.19.